The molecule has 0 spiro atoms. The second kappa shape index (κ2) is 7.22. The highest BCUT2D eigenvalue weighted by molar-refractivity contribution is 6.56. The van der Waals surface area contributed by atoms with Crippen molar-refractivity contribution in [2.75, 3.05) is 13.7 Å². The predicted octanol–water partition coefficient (Wildman–Crippen LogP) is 3.15. The minimum atomic E-state index is -0.511. The van der Waals surface area contributed by atoms with Gasteiger partial charge in [0.1, 0.15) is 5.75 Å². The Morgan fingerprint density at radius 2 is 1.80 bits per heavy atom. The Hall–Kier alpha value is -1.79. The fraction of sp³-hybridized carbons (Fsp3) is 0.526. The van der Waals surface area contributed by atoms with Crippen LogP contribution in [0.1, 0.15) is 45.7 Å². The van der Waals surface area contributed by atoms with E-state index in [2.05, 4.69) is 11.4 Å². The summed E-state index contributed by atoms with van der Waals surface area (Å²) >= 11 is 0. The van der Waals surface area contributed by atoms with Crippen molar-refractivity contribution in [2.24, 2.45) is 0 Å². The molecule has 1 amide bonds. The van der Waals surface area contributed by atoms with Gasteiger partial charge in [0.25, 0.3) is 0 Å². The number of methoxy groups -OCH3 is 1. The van der Waals surface area contributed by atoms with Gasteiger partial charge in [0.15, 0.2) is 0 Å². The van der Waals surface area contributed by atoms with Gasteiger partial charge in [-0.2, -0.15) is 0 Å². The van der Waals surface area contributed by atoms with Gasteiger partial charge in [-0.25, -0.2) is 0 Å². The summed E-state index contributed by atoms with van der Waals surface area (Å²) in [6, 6.07) is 5.98. The summed E-state index contributed by atoms with van der Waals surface area (Å²) in [7, 11) is 1.14. The predicted molar refractivity (Wildman–Crippen MR) is 100 cm³/mol. The van der Waals surface area contributed by atoms with Crippen LogP contribution in [0.4, 0.5) is 0 Å². The van der Waals surface area contributed by atoms with Crippen molar-refractivity contribution < 1.29 is 18.8 Å². The number of hydrogen-bond acceptors (Lipinski definition) is 4. The molecule has 136 valence electrons. The SMILES string of the molecule is COc1cc(C)cc(C=C(CNC(C)=O)B2OC(C)(C)C(C)(C)O2)c1. The molecule has 5 nitrogen and oxygen atoms in total. The van der Waals surface area contributed by atoms with Crippen molar-refractivity contribution in [3.63, 3.8) is 0 Å². The lowest BCUT2D eigenvalue weighted by Crippen LogP contribution is -2.41. The number of ether oxygens (including phenoxy) is 1. The largest absolute Gasteiger partial charge is 0.497 e. The first kappa shape index (κ1) is 19.5. The zero-order chi connectivity index (χ0) is 18.8. The highest BCUT2D eigenvalue weighted by Crippen LogP contribution is 2.38. The number of amides is 1. The van der Waals surface area contributed by atoms with Gasteiger partial charge in [0.2, 0.25) is 5.91 Å². The molecule has 1 fully saturated rings. The summed E-state index contributed by atoms with van der Waals surface area (Å²) in [5, 5.41) is 2.84. The van der Waals surface area contributed by atoms with Crippen LogP contribution in [0, 0.1) is 6.92 Å². The topological polar surface area (TPSA) is 56.8 Å². The number of benzene rings is 1. The average molecular weight is 345 g/mol. The normalized spacial score (nSPS) is 19.0. The quantitative estimate of drug-likeness (QED) is 0.833. The molecule has 1 aromatic carbocycles. The van der Waals surface area contributed by atoms with Crippen LogP contribution in [0.3, 0.4) is 0 Å². The lowest BCUT2D eigenvalue weighted by Gasteiger charge is -2.32. The molecule has 1 aliphatic rings. The lowest BCUT2D eigenvalue weighted by molar-refractivity contribution is -0.118. The van der Waals surface area contributed by atoms with Gasteiger partial charge in [-0.1, -0.05) is 12.1 Å². The third-order valence-corrected chi connectivity index (χ3v) is 4.76. The minimum Gasteiger partial charge on any atom is -0.497 e. The zero-order valence-electron chi connectivity index (χ0n) is 16.2. The van der Waals surface area contributed by atoms with Gasteiger partial charge in [-0.15, -0.1) is 0 Å². The Morgan fingerprint density at radius 3 is 2.32 bits per heavy atom. The molecule has 25 heavy (non-hydrogen) atoms. The van der Waals surface area contributed by atoms with Crippen LogP contribution < -0.4 is 10.1 Å². The highest BCUT2D eigenvalue weighted by atomic mass is 16.7. The molecule has 6 heteroatoms. The summed E-state index contributed by atoms with van der Waals surface area (Å²) in [6.07, 6.45) is 1.99. The summed E-state index contributed by atoms with van der Waals surface area (Å²) in [5.74, 6) is 0.697. The molecule has 1 heterocycles. The van der Waals surface area contributed by atoms with Crippen molar-refractivity contribution in [2.45, 2.75) is 52.7 Å². The Morgan fingerprint density at radius 1 is 1.20 bits per heavy atom. The van der Waals surface area contributed by atoms with Crippen molar-refractivity contribution in [1.29, 1.82) is 0 Å². The number of aryl methyl sites for hydroxylation is 1. The van der Waals surface area contributed by atoms with Crippen LogP contribution in [-0.4, -0.2) is 37.9 Å². The van der Waals surface area contributed by atoms with E-state index in [0.717, 1.165) is 22.3 Å². The monoisotopic (exact) mass is 345 g/mol. The number of carbonyl (C=O) groups is 1. The van der Waals surface area contributed by atoms with Gasteiger partial charge in [-0.05, 0) is 63.4 Å². The van der Waals surface area contributed by atoms with Gasteiger partial charge >= 0.3 is 7.12 Å². The van der Waals surface area contributed by atoms with Crippen LogP contribution >= 0.6 is 0 Å². The van der Waals surface area contributed by atoms with Crippen LogP contribution in [0.15, 0.2) is 23.7 Å². The molecule has 1 aliphatic heterocycles. The Balaban J connectivity index is 2.36. The fourth-order valence-electron chi connectivity index (χ4n) is 2.62. The van der Waals surface area contributed by atoms with E-state index in [0.29, 0.717) is 6.54 Å². The van der Waals surface area contributed by atoms with E-state index >= 15 is 0 Å². The van der Waals surface area contributed by atoms with Crippen LogP contribution in [-0.2, 0) is 14.1 Å². The molecule has 0 unspecified atom stereocenters. The first-order valence-corrected chi connectivity index (χ1v) is 8.50. The minimum absolute atomic E-state index is 0.0933. The third kappa shape index (κ3) is 4.64. The Labute approximate surface area is 150 Å². The Bertz CT molecular complexity index is 666. The highest BCUT2D eigenvalue weighted by Gasteiger charge is 2.52. The van der Waals surface area contributed by atoms with Crippen molar-refractivity contribution in [3.05, 3.63) is 34.8 Å². The van der Waals surface area contributed by atoms with E-state index in [1.807, 2.05) is 52.8 Å². The second-order valence-electron chi connectivity index (χ2n) is 7.50. The van der Waals surface area contributed by atoms with Crippen molar-refractivity contribution >= 4 is 19.1 Å². The molecule has 0 aliphatic carbocycles. The summed E-state index contributed by atoms with van der Waals surface area (Å²) in [6.45, 7) is 11.9. The number of rotatable bonds is 5. The fourth-order valence-corrected chi connectivity index (χ4v) is 2.62. The molecule has 2 rings (SSSR count). The lowest BCUT2D eigenvalue weighted by atomic mass is 9.77. The molecule has 0 aromatic heterocycles. The van der Waals surface area contributed by atoms with E-state index < -0.39 is 18.3 Å². The molecule has 0 saturated carbocycles. The van der Waals surface area contributed by atoms with E-state index in [1.165, 1.54) is 6.92 Å². The van der Waals surface area contributed by atoms with E-state index in [4.69, 9.17) is 14.0 Å². The Kier molecular flexibility index (Phi) is 5.64. The number of carbonyl (C=O) groups excluding carboxylic acids is 1. The smallest absolute Gasteiger partial charge is 0.492 e. The zero-order valence-corrected chi connectivity index (χ0v) is 16.2. The first-order chi connectivity index (χ1) is 11.5. The molecule has 0 bridgehead atoms. The summed E-state index contributed by atoms with van der Waals surface area (Å²) in [5.41, 5.74) is 2.07. The van der Waals surface area contributed by atoms with E-state index in [9.17, 15) is 4.79 Å². The molecular formula is C19H28BNO4. The van der Waals surface area contributed by atoms with Gasteiger partial charge in [-0.3, -0.25) is 4.79 Å². The van der Waals surface area contributed by atoms with Crippen LogP contribution in [0.25, 0.3) is 6.08 Å². The molecule has 1 N–H and O–H groups in total. The van der Waals surface area contributed by atoms with E-state index in [-0.39, 0.29) is 5.91 Å². The molecule has 1 aromatic rings. The summed E-state index contributed by atoms with van der Waals surface area (Å²) < 4.78 is 17.6. The second-order valence-corrected chi connectivity index (χ2v) is 7.50. The summed E-state index contributed by atoms with van der Waals surface area (Å²) in [4.78, 5) is 11.4. The van der Waals surface area contributed by atoms with Crippen molar-refractivity contribution in [1.82, 2.24) is 5.32 Å². The van der Waals surface area contributed by atoms with Gasteiger partial charge in [0.05, 0.1) is 18.3 Å². The molecular weight excluding hydrogens is 317 g/mol. The molecule has 0 radical (unpaired) electrons. The van der Waals surface area contributed by atoms with E-state index in [1.54, 1.807) is 7.11 Å². The van der Waals surface area contributed by atoms with Crippen LogP contribution in [0.5, 0.6) is 5.75 Å². The van der Waals surface area contributed by atoms with Crippen molar-refractivity contribution in [3.8, 4) is 5.75 Å². The number of nitrogens with one attached hydrogen (secondary N) is 1. The molecule has 0 atom stereocenters. The van der Waals surface area contributed by atoms with Crippen LogP contribution in [0.2, 0.25) is 0 Å². The third-order valence-electron chi connectivity index (χ3n) is 4.76. The van der Waals surface area contributed by atoms with Gasteiger partial charge in [0, 0.05) is 13.5 Å². The first-order valence-electron chi connectivity index (χ1n) is 8.50. The maximum Gasteiger partial charge on any atom is 0.492 e. The average Bonchev–Trinajstić information content (AvgIpc) is 2.70. The maximum atomic E-state index is 11.4. The van der Waals surface area contributed by atoms with Gasteiger partial charge < -0.3 is 19.4 Å². The maximum absolute atomic E-state index is 11.4. The molecule has 1 saturated heterocycles. The number of hydrogen-bond donors (Lipinski definition) is 1. The standard InChI is InChI=1S/C19H28BNO4/c1-13-8-15(11-17(9-13)23-7)10-16(12-21-14(2)22)20-24-18(3,4)19(5,6)25-20/h8-11H,12H2,1-7H3,(H,21,22).